The number of fused-ring (bicyclic) bond motifs is 1. The number of rotatable bonds is 7. The maximum atomic E-state index is 13.0. The average Bonchev–Trinajstić information content (AvgIpc) is 3.25. The number of hydrogen-bond donors (Lipinski definition) is 1. The summed E-state index contributed by atoms with van der Waals surface area (Å²) in [7, 11) is 1.91. The molecule has 0 radical (unpaired) electrons. The first-order chi connectivity index (χ1) is 14.5. The van der Waals surface area contributed by atoms with E-state index in [4.69, 9.17) is 4.74 Å². The number of ether oxygens (including phenoxy) is 1. The van der Waals surface area contributed by atoms with Crippen molar-refractivity contribution >= 4 is 5.91 Å². The number of carbonyl (C=O) groups is 1. The van der Waals surface area contributed by atoms with Crippen LogP contribution in [0.4, 0.5) is 0 Å². The predicted molar refractivity (Wildman–Crippen MR) is 113 cm³/mol. The zero-order chi connectivity index (χ0) is 21.3. The van der Waals surface area contributed by atoms with Crippen LogP contribution in [-0.2, 0) is 20.1 Å². The van der Waals surface area contributed by atoms with Crippen molar-refractivity contribution in [2.75, 3.05) is 6.61 Å². The van der Waals surface area contributed by atoms with Gasteiger partial charge in [0, 0.05) is 38.1 Å². The van der Waals surface area contributed by atoms with Crippen molar-refractivity contribution in [1.82, 2.24) is 19.7 Å². The summed E-state index contributed by atoms with van der Waals surface area (Å²) in [6.07, 6.45) is 3.94. The van der Waals surface area contributed by atoms with Crippen LogP contribution in [0.1, 0.15) is 40.5 Å². The molecule has 7 heteroatoms. The lowest BCUT2D eigenvalue weighted by Gasteiger charge is -2.17. The highest BCUT2D eigenvalue weighted by atomic mass is 16.5. The molecule has 30 heavy (non-hydrogen) atoms. The molecule has 3 aromatic rings. The molecule has 1 atom stereocenters. The molecule has 0 fully saturated rings. The van der Waals surface area contributed by atoms with Crippen molar-refractivity contribution in [2.45, 2.75) is 39.5 Å². The number of benzene rings is 1. The third-order valence-electron chi connectivity index (χ3n) is 5.45. The molecule has 1 N–H and O–H groups in total. The zero-order valence-electron chi connectivity index (χ0n) is 17.5. The fraction of sp³-hybridized carbons (Fsp3) is 0.348. The third kappa shape index (κ3) is 3.80. The Balaban J connectivity index is 1.51. The van der Waals surface area contributed by atoms with E-state index in [1.165, 1.54) is 0 Å². The first kappa shape index (κ1) is 20.1. The van der Waals surface area contributed by atoms with E-state index < -0.39 is 0 Å². The Morgan fingerprint density at radius 3 is 2.63 bits per heavy atom. The predicted octanol–water partition coefficient (Wildman–Crippen LogP) is 3.10. The smallest absolute Gasteiger partial charge is 0.260 e. The monoisotopic (exact) mass is 406 g/mol. The van der Waals surface area contributed by atoms with Gasteiger partial charge in [0.15, 0.2) is 0 Å². The number of aliphatic hydroxyl groups is 1. The molecular weight excluding hydrogens is 380 g/mol. The molecule has 4 rings (SSSR count). The van der Waals surface area contributed by atoms with Crippen molar-refractivity contribution in [3.05, 3.63) is 65.1 Å². The Morgan fingerprint density at radius 2 is 2.00 bits per heavy atom. The third-order valence-corrected chi connectivity index (χ3v) is 5.45. The Kier molecular flexibility index (Phi) is 5.55. The van der Waals surface area contributed by atoms with Gasteiger partial charge in [0.2, 0.25) is 5.88 Å². The summed E-state index contributed by atoms with van der Waals surface area (Å²) >= 11 is 0. The lowest BCUT2D eigenvalue weighted by atomic mass is 10.0. The summed E-state index contributed by atoms with van der Waals surface area (Å²) in [5.41, 5.74) is 5.67. The topological polar surface area (TPSA) is 80.5 Å². The van der Waals surface area contributed by atoms with Gasteiger partial charge in [0.1, 0.15) is 11.7 Å². The van der Waals surface area contributed by atoms with Gasteiger partial charge >= 0.3 is 0 Å². The number of aliphatic hydroxyl groups excluding tert-OH is 1. The number of aryl methyl sites for hydroxylation is 2. The van der Waals surface area contributed by atoms with Gasteiger partial charge in [0.25, 0.3) is 5.91 Å². The maximum Gasteiger partial charge on any atom is 0.260 e. The van der Waals surface area contributed by atoms with Gasteiger partial charge in [-0.1, -0.05) is 31.2 Å². The van der Waals surface area contributed by atoms with Crippen molar-refractivity contribution < 1.29 is 14.6 Å². The molecule has 2 aromatic heterocycles. The van der Waals surface area contributed by atoms with Gasteiger partial charge in [0.05, 0.1) is 12.3 Å². The average molecular weight is 406 g/mol. The minimum atomic E-state index is -0.366. The van der Waals surface area contributed by atoms with Crippen molar-refractivity contribution in [1.29, 1.82) is 0 Å². The van der Waals surface area contributed by atoms with Crippen LogP contribution >= 0.6 is 0 Å². The molecule has 1 aromatic carbocycles. The highest BCUT2D eigenvalue weighted by Gasteiger charge is 2.32. The van der Waals surface area contributed by atoms with E-state index in [9.17, 15) is 9.90 Å². The van der Waals surface area contributed by atoms with Gasteiger partial charge in [-0.05, 0) is 36.1 Å². The van der Waals surface area contributed by atoms with E-state index >= 15 is 0 Å². The molecule has 3 heterocycles. The molecule has 0 saturated heterocycles. The normalized spacial score (nSPS) is 14.1. The number of amides is 1. The van der Waals surface area contributed by atoms with Crippen molar-refractivity contribution in [3.8, 4) is 17.0 Å². The van der Waals surface area contributed by atoms with E-state index in [0.717, 1.165) is 27.9 Å². The number of pyridine rings is 1. The van der Waals surface area contributed by atoms with E-state index in [2.05, 4.69) is 22.2 Å². The van der Waals surface area contributed by atoms with E-state index in [1.807, 2.05) is 50.0 Å². The SMILES string of the molecule is CC[C@H](CO)Oc1nccc2c1C(=O)N(Cc1ccc(-c3cn(C)nc3C)cc1)C2. The van der Waals surface area contributed by atoms with E-state index in [0.29, 0.717) is 31.0 Å². The molecule has 7 nitrogen and oxygen atoms in total. The van der Waals surface area contributed by atoms with Crippen LogP contribution in [0.3, 0.4) is 0 Å². The second-order valence-electron chi connectivity index (χ2n) is 7.64. The number of aromatic nitrogens is 3. The van der Waals surface area contributed by atoms with Gasteiger partial charge in [-0.3, -0.25) is 9.48 Å². The summed E-state index contributed by atoms with van der Waals surface area (Å²) in [4.78, 5) is 19.1. The maximum absolute atomic E-state index is 13.0. The quantitative estimate of drug-likeness (QED) is 0.652. The Labute approximate surface area is 175 Å². The standard InChI is InChI=1S/C23H26N4O3/c1-4-19(14-28)30-22-21-18(9-10-24-22)12-27(23(21)29)11-16-5-7-17(8-6-16)20-13-26(3)25-15(20)2/h5-10,13,19,28H,4,11-12,14H2,1-3H3/t19-/m1/s1. The lowest BCUT2D eigenvalue weighted by Crippen LogP contribution is -2.25. The summed E-state index contributed by atoms with van der Waals surface area (Å²) < 4.78 is 7.60. The van der Waals surface area contributed by atoms with Gasteiger partial charge in [-0.25, -0.2) is 4.98 Å². The summed E-state index contributed by atoms with van der Waals surface area (Å²) in [5.74, 6) is 0.219. The largest absolute Gasteiger partial charge is 0.471 e. The Hall–Kier alpha value is -3.19. The molecule has 1 amide bonds. The van der Waals surface area contributed by atoms with Crippen LogP contribution in [-0.4, -0.2) is 43.4 Å². The molecule has 0 spiro atoms. The highest BCUT2D eigenvalue weighted by molar-refractivity contribution is 6.00. The first-order valence-electron chi connectivity index (χ1n) is 10.1. The van der Waals surface area contributed by atoms with Crippen LogP contribution in [0, 0.1) is 6.92 Å². The summed E-state index contributed by atoms with van der Waals surface area (Å²) in [6.45, 7) is 4.84. The number of carbonyl (C=O) groups excluding carboxylic acids is 1. The first-order valence-corrected chi connectivity index (χ1v) is 10.1. The summed E-state index contributed by atoms with van der Waals surface area (Å²) in [5, 5.41) is 13.8. The second kappa shape index (κ2) is 8.28. The van der Waals surface area contributed by atoms with Crippen LogP contribution in [0.25, 0.3) is 11.1 Å². The molecule has 0 unspecified atom stereocenters. The van der Waals surface area contributed by atoms with Gasteiger partial charge in [-0.2, -0.15) is 5.10 Å². The Morgan fingerprint density at radius 1 is 1.23 bits per heavy atom. The molecule has 1 aliphatic heterocycles. The van der Waals surface area contributed by atoms with Crippen LogP contribution in [0.2, 0.25) is 0 Å². The van der Waals surface area contributed by atoms with E-state index in [-0.39, 0.29) is 18.6 Å². The number of nitrogens with zero attached hydrogens (tertiary/aromatic N) is 4. The molecule has 0 aliphatic carbocycles. The van der Waals surface area contributed by atoms with Crippen molar-refractivity contribution in [3.63, 3.8) is 0 Å². The van der Waals surface area contributed by atoms with Crippen LogP contribution < -0.4 is 4.74 Å². The molecule has 1 aliphatic rings. The fourth-order valence-electron chi connectivity index (χ4n) is 3.79. The van der Waals surface area contributed by atoms with Crippen LogP contribution in [0.5, 0.6) is 5.88 Å². The number of hydrogen-bond acceptors (Lipinski definition) is 5. The molecular formula is C23H26N4O3. The van der Waals surface area contributed by atoms with E-state index in [1.54, 1.807) is 11.1 Å². The molecule has 0 saturated carbocycles. The highest BCUT2D eigenvalue weighted by Crippen LogP contribution is 2.31. The minimum Gasteiger partial charge on any atom is -0.471 e. The van der Waals surface area contributed by atoms with Gasteiger partial charge < -0.3 is 14.7 Å². The minimum absolute atomic E-state index is 0.0897. The zero-order valence-corrected chi connectivity index (χ0v) is 17.5. The lowest BCUT2D eigenvalue weighted by molar-refractivity contribution is 0.0749. The fourth-order valence-corrected chi connectivity index (χ4v) is 3.79. The van der Waals surface area contributed by atoms with Gasteiger partial charge in [-0.15, -0.1) is 0 Å². The van der Waals surface area contributed by atoms with Crippen molar-refractivity contribution in [2.24, 2.45) is 7.05 Å². The summed E-state index contributed by atoms with van der Waals surface area (Å²) in [6, 6.07) is 10.1. The molecule has 156 valence electrons. The van der Waals surface area contributed by atoms with Crippen LogP contribution in [0.15, 0.2) is 42.7 Å². The molecule has 0 bridgehead atoms. The Bertz CT molecular complexity index is 1050. The second-order valence-corrected chi connectivity index (χ2v) is 7.64.